The first-order valence-electron chi connectivity index (χ1n) is 6.61. The third kappa shape index (κ3) is 3.29. The molecule has 1 aliphatic rings. The SMILES string of the molecule is CC1CC(C(=O)N[C@@H](C)c2ccccn2)CCN1. The monoisotopic (exact) mass is 247 g/mol. The number of piperidine rings is 1. The summed E-state index contributed by atoms with van der Waals surface area (Å²) in [5, 5.41) is 6.42. The summed E-state index contributed by atoms with van der Waals surface area (Å²) in [6, 6.07) is 6.17. The van der Waals surface area contributed by atoms with Crippen LogP contribution in [0.25, 0.3) is 0 Å². The average Bonchev–Trinajstić information content (AvgIpc) is 2.39. The molecule has 2 rings (SSSR count). The molecule has 0 saturated carbocycles. The predicted octanol–water partition coefficient (Wildman–Crippen LogP) is 1.65. The lowest BCUT2D eigenvalue weighted by molar-refractivity contribution is -0.126. The zero-order valence-corrected chi connectivity index (χ0v) is 11.0. The fourth-order valence-electron chi connectivity index (χ4n) is 2.41. The lowest BCUT2D eigenvalue weighted by atomic mass is 9.92. The van der Waals surface area contributed by atoms with Crippen LogP contribution in [0.2, 0.25) is 0 Å². The van der Waals surface area contributed by atoms with E-state index < -0.39 is 0 Å². The van der Waals surface area contributed by atoms with E-state index in [1.54, 1.807) is 6.20 Å². The van der Waals surface area contributed by atoms with Gasteiger partial charge in [0.15, 0.2) is 0 Å². The highest BCUT2D eigenvalue weighted by molar-refractivity contribution is 5.79. The first-order valence-corrected chi connectivity index (χ1v) is 6.61. The second-order valence-corrected chi connectivity index (χ2v) is 5.06. The number of carbonyl (C=O) groups is 1. The van der Waals surface area contributed by atoms with E-state index in [1.807, 2.05) is 25.1 Å². The van der Waals surface area contributed by atoms with Gasteiger partial charge in [-0.3, -0.25) is 9.78 Å². The highest BCUT2D eigenvalue weighted by atomic mass is 16.1. The number of rotatable bonds is 3. The number of hydrogen-bond acceptors (Lipinski definition) is 3. The van der Waals surface area contributed by atoms with E-state index in [-0.39, 0.29) is 17.9 Å². The quantitative estimate of drug-likeness (QED) is 0.854. The molecule has 2 heterocycles. The molecule has 4 nitrogen and oxygen atoms in total. The zero-order valence-electron chi connectivity index (χ0n) is 11.0. The van der Waals surface area contributed by atoms with Crippen molar-refractivity contribution in [2.24, 2.45) is 5.92 Å². The molecule has 3 atom stereocenters. The van der Waals surface area contributed by atoms with Gasteiger partial charge in [0, 0.05) is 18.2 Å². The third-order valence-corrected chi connectivity index (χ3v) is 3.48. The number of nitrogens with zero attached hydrogens (tertiary/aromatic N) is 1. The van der Waals surface area contributed by atoms with Crippen molar-refractivity contribution in [3.8, 4) is 0 Å². The Morgan fingerprint density at radius 2 is 2.39 bits per heavy atom. The molecule has 0 radical (unpaired) electrons. The van der Waals surface area contributed by atoms with Gasteiger partial charge in [-0.05, 0) is 45.4 Å². The van der Waals surface area contributed by atoms with Gasteiger partial charge in [0.05, 0.1) is 11.7 Å². The molecule has 1 aromatic rings. The summed E-state index contributed by atoms with van der Waals surface area (Å²) in [7, 11) is 0. The fourth-order valence-corrected chi connectivity index (χ4v) is 2.41. The van der Waals surface area contributed by atoms with Crippen LogP contribution in [0.1, 0.15) is 38.4 Å². The number of pyridine rings is 1. The topological polar surface area (TPSA) is 54.0 Å². The lowest BCUT2D eigenvalue weighted by Gasteiger charge is -2.28. The number of aromatic nitrogens is 1. The van der Waals surface area contributed by atoms with Crippen LogP contribution in [0, 0.1) is 5.92 Å². The molecule has 0 spiro atoms. The minimum atomic E-state index is -0.0242. The van der Waals surface area contributed by atoms with E-state index in [9.17, 15) is 4.79 Å². The van der Waals surface area contributed by atoms with Crippen molar-refractivity contribution in [3.05, 3.63) is 30.1 Å². The minimum absolute atomic E-state index is 0.0242. The van der Waals surface area contributed by atoms with Crippen LogP contribution in [0.15, 0.2) is 24.4 Å². The summed E-state index contributed by atoms with van der Waals surface area (Å²) in [6.45, 7) is 5.03. The highest BCUT2D eigenvalue weighted by Gasteiger charge is 2.25. The van der Waals surface area contributed by atoms with E-state index in [1.165, 1.54) is 0 Å². The molecule has 4 heteroatoms. The van der Waals surface area contributed by atoms with Crippen molar-refractivity contribution < 1.29 is 4.79 Å². The molecular formula is C14H21N3O. The van der Waals surface area contributed by atoms with Crippen molar-refractivity contribution in [3.63, 3.8) is 0 Å². The van der Waals surface area contributed by atoms with Crippen molar-refractivity contribution in [1.29, 1.82) is 0 Å². The summed E-state index contributed by atoms with van der Waals surface area (Å²) in [6.07, 6.45) is 3.59. The van der Waals surface area contributed by atoms with Gasteiger partial charge >= 0.3 is 0 Å². The summed E-state index contributed by atoms with van der Waals surface area (Å²) in [5.41, 5.74) is 0.910. The first-order chi connectivity index (χ1) is 8.66. The number of amides is 1. The molecule has 1 saturated heterocycles. The van der Waals surface area contributed by atoms with Gasteiger partial charge in [-0.15, -0.1) is 0 Å². The van der Waals surface area contributed by atoms with Crippen LogP contribution in [0.3, 0.4) is 0 Å². The Labute approximate surface area is 108 Å². The minimum Gasteiger partial charge on any atom is -0.348 e. The third-order valence-electron chi connectivity index (χ3n) is 3.48. The maximum Gasteiger partial charge on any atom is 0.223 e. The van der Waals surface area contributed by atoms with E-state index in [4.69, 9.17) is 0 Å². The molecule has 1 aromatic heterocycles. The molecule has 2 unspecified atom stereocenters. The van der Waals surface area contributed by atoms with E-state index >= 15 is 0 Å². The van der Waals surface area contributed by atoms with Gasteiger partial charge in [0.2, 0.25) is 5.91 Å². The summed E-state index contributed by atoms with van der Waals surface area (Å²) < 4.78 is 0. The van der Waals surface area contributed by atoms with Crippen LogP contribution in [0.5, 0.6) is 0 Å². The number of hydrogen-bond donors (Lipinski definition) is 2. The van der Waals surface area contributed by atoms with E-state index in [2.05, 4.69) is 22.5 Å². The van der Waals surface area contributed by atoms with Crippen LogP contribution in [0.4, 0.5) is 0 Å². The summed E-state index contributed by atoms with van der Waals surface area (Å²) in [4.78, 5) is 16.4. The normalized spacial score (nSPS) is 25.4. The van der Waals surface area contributed by atoms with Gasteiger partial charge in [0.25, 0.3) is 0 Å². The number of carbonyl (C=O) groups excluding carboxylic acids is 1. The average molecular weight is 247 g/mol. The Balaban J connectivity index is 1.91. The Morgan fingerprint density at radius 3 is 3.06 bits per heavy atom. The van der Waals surface area contributed by atoms with Crippen LogP contribution < -0.4 is 10.6 Å². The lowest BCUT2D eigenvalue weighted by Crippen LogP contribution is -2.43. The molecule has 2 N–H and O–H groups in total. The maximum absolute atomic E-state index is 12.2. The van der Waals surface area contributed by atoms with Crippen molar-refractivity contribution in [2.75, 3.05) is 6.54 Å². The second kappa shape index (κ2) is 5.96. The largest absolute Gasteiger partial charge is 0.348 e. The van der Waals surface area contributed by atoms with Crippen LogP contribution in [-0.2, 0) is 4.79 Å². The summed E-state index contributed by atoms with van der Waals surface area (Å²) >= 11 is 0. The predicted molar refractivity (Wildman–Crippen MR) is 71.0 cm³/mol. The molecule has 98 valence electrons. The van der Waals surface area contributed by atoms with Crippen molar-refractivity contribution in [1.82, 2.24) is 15.6 Å². The molecule has 1 fully saturated rings. The Morgan fingerprint density at radius 1 is 1.56 bits per heavy atom. The molecule has 0 aliphatic carbocycles. The number of nitrogens with one attached hydrogen (secondary N) is 2. The Hall–Kier alpha value is -1.42. The Bertz CT molecular complexity index is 393. The molecule has 1 amide bonds. The molecular weight excluding hydrogens is 226 g/mol. The summed E-state index contributed by atoms with van der Waals surface area (Å²) in [5.74, 6) is 0.286. The second-order valence-electron chi connectivity index (χ2n) is 5.06. The van der Waals surface area contributed by atoms with E-state index in [0.717, 1.165) is 25.1 Å². The standard InChI is InChI=1S/C14H21N3O/c1-10-9-12(6-8-15-10)14(18)17-11(2)13-5-3-4-7-16-13/h3-5,7,10-12,15H,6,8-9H2,1-2H3,(H,17,18)/t10?,11-,12?/m0/s1. The Kier molecular flexibility index (Phi) is 4.31. The van der Waals surface area contributed by atoms with Crippen LogP contribution >= 0.6 is 0 Å². The van der Waals surface area contributed by atoms with Gasteiger partial charge in [-0.1, -0.05) is 6.07 Å². The fraction of sp³-hybridized carbons (Fsp3) is 0.571. The first kappa shape index (κ1) is 13.0. The van der Waals surface area contributed by atoms with E-state index in [0.29, 0.717) is 6.04 Å². The van der Waals surface area contributed by atoms with Gasteiger partial charge in [-0.2, -0.15) is 0 Å². The zero-order chi connectivity index (χ0) is 13.0. The van der Waals surface area contributed by atoms with Crippen molar-refractivity contribution in [2.45, 2.75) is 38.8 Å². The van der Waals surface area contributed by atoms with Gasteiger partial charge in [0.1, 0.15) is 0 Å². The highest BCUT2D eigenvalue weighted by Crippen LogP contribution is 2.18. The van der Waals surface area contributed by atoms with Gasteiger partial charge in [-0.25, -0.2) is 0 Å². The molecule has 1 aliphatic heterocycles. The van der Waals surface area contributed by atoms with Crippen LogP contribution in [-0.4, -0.2) is 23.5 Å². The molecule has 18 heavy (non-hydrogen) atoms. The maximum atomic E-state index is 12.2. The smallest absolute Gasteiger partial charge is 0.223 e. The molecule has 0 aromatic carbocycles. The van der Waals surface area contributed by atoms with Crippen molar-refractivity contribution >= 4 is 5.91 Å². The van der Waals surface area contributed by atoms with Gasteiger partial charge < -0.3 is 10.6 Å². The molecule has 0 bridgehead atoms.